The Labute approximate surface area is 151 Å². The van der Waals surface area contributed by atoms with Crippen LogP contribution in [0.4, 0.5) is 0 Å². The number of quaternary nitrogens is 2. The molecule has 1 saturated heterocycles. The Balaban J connectivity index is 1.68. The molecule has 3 aliphatic rings. The lowest BCUT2D eigenvalue weighted by Gasteiger charge is -2.51. The quantitative estimate of drug-likeness (QED) is 0.339. The number of hydrogen-bond acceptors (Lipinski definition) is 3. The topological polar surface area (TPSA) is 67.6 Å². The van der Waals surface area contributed by atoms with Crippen LogP contribution >= 0.6 is 0 Å². The minimum Gasteiger partial charge on any atom is -0.461 e. The number of hydrogen-bond donors (Lipinski definition) is 3. The number of carbonyl (C=O) groups is 1. The molecule has 6 atom stereocenters. The largest absolute Gasteiger partial charge is 0.461 e. The molecule has 0 radical (unpaired) electrons. The summed E-state index contributed by atoms with van der Waals surface area (Å²) in [5, 5.41) is 13.5. The van der Waals surface area contributed by atoms with Gasteiger partial charge in [0, 0.05) is 24.2 Å². The van der Waals surface area contributed by atoms with Crippen molar-refractivity contribution in [2.45, 2.75) is 51.7 Å². The molecule has 1 aliphatic heterocycles. The van der Waals surface area contributed by atoms with Crippen LogP contribution in [0.2, 0.25) is 0 Å². The Morgan fingerprint density at radius 2 is 2.20 bits per heavy atom. The van der Waals surface area contributed by atoms with E-state index in [2.05, 4.69) is 39.3 Å². The molecule has 0 aromatic heterocycles. The summed E-state index contributed by atoms with van der Waals surface area (Å²) in [6, 6.07) is 0. The van der Waals surface area contributed by atoms with Gasteiger partial charge >= 0.3 is 5.97 Å². The molecule has 5 nitrogen and oxygen atoms in total. The van der Waals surface area contributed by atoms with E-state index in [-0.39, 0.29) is 29.3 Å². The highest BCUT2D eigenvalue weighted by Crippen LogP contribution is 2.55. The van der Waals surface area contributed by atoms with Gasteiger partial charge in [-0.3, -0.25) is 4.79 Å². The lowest BCUT2D eigenvalue weighted by molar-refractivity contribution is -0.860. The average Bonchev–Trinajstić information content (AvgIpc) is 2.86. The zero-order chi connectivity index (χ0) is 18.2. The number of ether oxygens (including phenoxy) is 1. The molecule has 1 heterocycles. The van der Waals surface area contributed by atoms with E-state index in [4.69, 9.17) is 4.74 Å². The highest BCUT2D eigenvalue weighted by Gasteiger charge is 2.60. The van der Waals surface area contributed by atoms with Gasteiger partial charge in [0.1, 0.15) is 12.0 Å². The van der Waals surface area contributed by atoms with Crippen molar-refractivity contribution >= 4 is 5.97 Å². The molecule has 4 N–H and O–H groups in total. The van der Waals surface area contributed by atoms with E-state index in [1.807, 2.05) is 0 Å². The van der Waals surface area contributed by atoms with Crippen LogP contribution in [0.25, 0.3) is 0 Å². The Hall–Kier alpha value is -0.910. The molecule has 0 spiro atoms. The van der Waals surface area contributed by atoms with Crippen LogP contribution in [-0.2, 0) is 9.53 Å². The minimum absolute atomic E-state index is 0.0501. The number of rotatable bonds is 6. The van der Waals surface area contributed by atoms with Crippen LogP contribution in [0.5, 0.6) is 0 Å². The second-order valence-corrected chi connectivity index (χ2v) is 8.92. The fraction of sp³-hybridized carbons (Fsp3) is 0.850. The summed E-state index contributed by atoms with van der Waals surface area (Å²) < 4.78 is 5.71. The number of nitrogens with one attached hydrogen (secondary N) is 1. The highest BCUT2D eigenvalue weighted by atomic mass is 16.6. The molecule has 2 aliphatic carbocycles. The Morgan fingerprint density at radius 3 is 2.92 bits per heavy atom. The van der Waals surface area contributed by atoms with Crippen molar-refractivity contribution < 1.29 is 24.9 Å². The molecular formula is C20H36N2O3+2. The zero-order valence-corrected chi connectivity index (χ0v) is 16.3. The first-order valence-electron chi connectivity index (χ1n) is 10.0. The molecule has 3 rings (SSSR count). The number of esters is 1. The van der Waals surface area contributed by atoms with Crippen LogP contribution in [0.1, 0.15) is 39.5 Å². The van der Waals surface area contributed by atoms with Gasteiger partial charge in [-0.05, 0) is 18.8 Å². The Morgan fingerprint density at radius 1 is 1.44 bits per heavy atom. The van der Waals surface area contributed by atoms with Crippen molar-refractivity contribution in [1.29, 1.82) is 0 Å². The third kappa shape index (κ3) is 3.38. The van der Waals surface area contributed by atoms with E-state index < -0.39 is 6.10 Å². The van der Waals surface area contributed by atoms with Gasteiger partial charge in [0.25, 0.3) is 0 Å². The van der Waals surface area contributed by atoms with E-state index in [9.17, 15) is 9.90 Å². The van der Waals surface area contributed by atoms with Crippen LogP contribution in [0, 0.1) is 23.2 Å². The maximum Gasteiger partial charge on any atom is 0.315 e. The molecule has 142 valence electrons. The monoisotopic (exact) mass is 352 g/mol. The third-order valence-corrected chi connectivity index (χ3v) is 7.08. The lowest BCUT2D eigenvalue weighted by Crippen LogP contribution is -3.06. The number of allylic oxidation sites excluding steroid dienone is 1. The fourth-order valence-corrected chi connectivity index (χ4v) is 5.23. The average molecular weight is 353 g/mol. The molecular weight excluding hydrogens is 316 g/mol. The van der Waals surface area contributed by atoms with Crippen molar-refractivity contribution in [2.24, 2.45) is 23.2 Å². The van der Waals surface area contributed by atoms with Gasteiger partial charge in [0.05, 0.1) is 39.8 Å². The predicted molar refractivity (Wildman–Crippen MR) is 96.0 cm³/mol. The first-order valence-corrected chi connectivity index (χ1v) is 10.0. The maximum atomic E-state index is 12.5. The van der Waals surface area contributed by atoms with Gasteiger partial charge in [0.2, 0.25) is 0 Å². The maximum absolute atomic E-state index is 12.5. The van der Waals surface area contributed by atoms with E-state index in [0.29, 0.717) is 5.92 Å². The van der Waals surface area contributed by atoms with Crippen molar-refractivity contribution in [2.75, 3.05) is 33.7 Å². The van der Waals surface area contributed by atoms with Crippen LogP contribution in [0.15, 0.2) is 11.6 Å². The van der Waals surface area contributed by atoms with Gasteiger partial charge in [-0.15, -0.1) is 0 Å². The van der Waals surface area contributed by atoms with E-state index >= 15 is 0 Å². The molecule has 0 unspecified atom stereocenters. The molecule has 5 heteroatoms. The molecule has 0 aromatic carbocycles. The molecule has 2 fully saturated rings. The number of carbonyl (C=O) groups excluding carboxylic acids is 1. The summed E-state index contributed by atoms with van der Waals surface area (Å²) in [6.45, 7) is 7.36. The first-order chi connectivity index (χ1) is 11.9. The minimum atomic E-state index is -0.483. The van der Waals surface area contributed by atoms with E-state index in [1.165, 1.54) is 10.5 Å². The molecule has 0 aromatic rings. The van der Waals surface area contributed by atoms with Gasteiger partial charge in [0.15, 0.2) is 0 Å². The standard InChI is InChI=1S/C20H34N2O3/c1-13-7-5-8-14-11-16-17(18(23)20(13,14)2)15(19(24)25-16)12-21-9-6-10-22(3)4/h8,13,15-18,21,23H,5-7,9-12H2,1-4H3/p+2/t13-,15-,16+,17+,18-,20+/m0/s1. The summed E-state index contributed by atoms with van der Waals surface area (Å²) in [6.07, 6.45) is 5.83. The third-order valence-electron chi connectivity index (χ3n) is 7.08. The lowest BCUT2D eigenvalue weighted by atomic mass is 9.55. The van der Waals surface area contributed by atoms with Gasteiger partial charge in [-0.1, -0.05) is 25.5 Å². The molecule has 1 saturated carbocycles. The van der Waals surface area contributed by atoms with Crippen molar-refractivity contribution in [3.8, 4) is 0 Å². The van der Waals surface area contributed by atoms with Crippen LogP contribution in [0.3, 0.4) is 0 Å². The number of fused-ring (bicyclic) bond motifs is 2. The first kappa shape index (κ1) is 18.9. The van der Waals surface area contributed by atoms with E-state index in [1.54, 1.807) is 0 Å². The van der Waals surface area contributed by atoms with Crippen molar-refractivity contribution in [1.82, 2.24) is 0 Å². The predicted octanol–water partition coefficient (Wildman–Crippen LogP) is -0.631. The van der Waals surface area contributed by atoms with Gasteiger partial charge < -0.3 is 20.1 Å². The summed E-state index contributed by atoms with van der Waals surface area (Å²) >= 11 is 0. The summed E-state index contributed by atoms with van der Waals surface area (Å²) in [7, 11) is 4.32. The zero-order valence-electron chi connectivity index (χ0n) is 16.3. The van der Waals surface area contributed by atoms with E-state index in [0.717, 1.165) is 45.3 Å². The smallest absolute Gasteiger partial charge is 0.315 e. The molecule has 0 amide bonds. The second-order valence-electron chi connectivity index (χ2n) is 8.92. The van der Waals surface area contributed by atoms with Crippen LogP contribution < -0.4 is 10.2 Å². The fourth-order valence-electron chi connectivity index (χ4n) is 5.23. The molecule has 0 bridgehead atoms. The Bertz CT molecular complexity index is 533. The summed E-state index contributed by atoms with van der Waals surface area (Å²) in [5.74, 6) is 0.135. The van der Waals surface area contributed by atoms with Crippen molar-refractivity contribution in [3.05, 3.63) is 11.6 Å². The summed E-state index contributed by atoms with van der Waals surface area (Å²) in [5.41, 5.74) is 1.12. The highest BCUT2D eigenvalue weighted by molar-refractivity contribution is 5.76. The number of aliphatic hydroxyl groups excluding tert-OH is 1. The Kier molecular flexibility index (Phi) is 5.57. The normalized spacial score (nSPS) is 40.5. The summed E-state index contributed by atoms with van der Waals surface area (Å²) in [4.78, 5) is 13.9. The number of nitrogens with two attached hydrogens (primary N) is 1. The molecule has 25 heavy (non-hydrogen) atoms. The van der Waals surface area contributed by atoms with Gasteiger partial charge in [-0.25, -0.2) is 0 Å². The second kappa shape index (κ2) is 7.37. The van der Waals surface area contributed by atoms with Crippen LogP contribution in [-0.4, -0.2) is 57.0 Å². The number of aliphatic hydroxyl groups is 1. The van der Waals surface area contributed by atoms with Gasteiger partial charge in [-0.2, -0.15) is 0 Å². The van der Waals surface area contributed by atoms with Crippen molar-refractivity contribution in [3.63, 3.8) is 0 Å². The SMILES string of the molecule is C[C@H]1CCC=C2C[C@H]3OC(=O)[C@@H](C[NH2+]CCC[NH+](C)C)[C@H]3[C@H](O)[C@@]21C.